The van der Waals surface area contributed by atoms with Crippen LogP contribution < -0.4 is 10.6 Å². The molecular weight excluding hydrogens is 240 g/mol. The number of rotatable bonds is 9. The quantitative estimate of drug-likeness (QED) is 0.351. The zero-order valence-corrected chi connectivity index (χ0v) is 11.1. The summed E-state index contributed by atoms with van der Waals surface area (Å²) in [5, 5.41) is 14.8. The van der Waals surface area contributed by atoms with Gasteiger partial charge in [0, 0.05) is 20.6 Å². The first-order chi connectivity index (χ1) is 8.51. The molecule has 7 nitrogen and oxygen atoms in total. The molecule has 0 heterocycles. The number of aliphatic hydroxyl groups excluding tert-OH is 1. The van der Waals surface area contributed by atoms with Gasteiger partial charge >= 0.3 is 5.97 Å². The highest BCUT2D eigenvalue weighted by Gasteiger charge is 2.19. The Kier molecular flexibility index (Phi) is 9.17. The highest BCUT2D eigenvalue weighted by molar-refractivity contribution is 5.83. The number of ether oxygens (including phenoxy) is 2. The summed E-state index contributed by atoms with van der Waals surface area (Å²) in [6, 6.07) is -0.716. The highest BCUT2D eigenvalue weighted by Crippen LogP contribution is 1.91. The van der Waals surface area contributed by atoms with Gasteiger partial charge in [0.25, 0.3) is 0 Å². The zero-order chi connectivity index (χ0) is 14.0. The number of esters is 1. The van der Waals surface area contributed by atoms with Crippen molar-refractivity contribution in [3.8, 4) is 0 Å². The molecule has 0 saturated heterocycles. The highest BCUT2D eigenvalue weighted by atomic mass is 16.5. The van der Waals surface area contributed by atoms with Gasteiger partial charge in [-0.2, -0.15) is 0 Å². The van der Waals surface area contributed by atoms with E-state index in [4.69, 9.17) is 4.74 Å². The third-order valence-corrected chi connectivity index (χ3v) is 2.23. The maximum atomic E-state index is 11.3. The topological polar surface area (TPSA) is 96.9 Å². The van der Waals surface area contributed by atoms with Crippen molar-refractivity contribution in [1.29, 1.82) is 0 Å². The summed E-state index contributed by atoms with van der Waals surface area (Å²) in [7, 11) is 2.78. The lowest BCUT2D eigenvalue weighted by Gasteiger charge is -2.16. The molecule has 0 aromatic rings. The SMILES string of the molecule is COCC(O)CCNCC(NC(C)=O)C(=O)OC. The van der Waals surface area contributed by atoms with Gasteiger partial charge in [0.1, 0.15) is 6.04 Å². The van der Waals surface area contributed by atoms with Crippen LogP contribution in [0, 0.1) is 0 Å². The Morgan fingerprint density at radius 3 is 2.50 bits per heavy atom. The Morgan fingerprint density at radius 1 is 1.33 bits per heavy atom. The minimum absolute atomic E-state index is 0.256. The number of amides is 1. The van der Waals surface area contributed by atoms with Crippen molar-refractivity contribution in [2.75, 3.05) is 33.9 Å². The molecule has 7 heteroatoms. The molecule has 3 N–H and O–H groups in total. The number of carbonyl (C=O) groups excluding carboxylic acids is 2. The molecule has 0 aliphatic heterocycles. The van der Waals surface area contributed by atoms with Gasteiger partial charge in [0.05, 0.1) is 19.8 Å². The van der Waals surface area contributed by atoms with Crippen LogP contribution >= 0.6 is 0 Å². The molecule has 0 spiro atoms. The standard InChI is InChI=1S/C11H22N2O5/c1-8(14)13-10(11(16)18-3)6-12-5-4-9(15)7-17-2/h9-10,12,15H,4-7H2,1-3H3,(H,13,14). The second-order valence-electron chi connectivity index (χ2n) is 3.88. The Balaban J connectivity index is 3.89. The minimum Gasteiger partial charge on any atom is -0.467 e. The predicted octanol–water partition coefficient (Wildman–Crippen LogP) is -1.35. The lowest BCUT2D eigenvalue weighted by Crippen LogP contribution is -2.47. The molecule has 0 fully saturated rings. The lowest BCUT2D eigenvalue weighted by molar-refractivity contribution is -0.144. The Hall–Kier alpha value is -1.18. The first-order valence-corrected chi connectivity index (χ1v) is 5.73. The van der Waals surface area contributed by atoms with E-state index in [1.807, 2.05) is 0 Å². The second-order valence-corrected chi connectivity index (χ2v) is 3.88. The maximum Gasteiger partial charge on any atom is 0.329 e. The summed E-state index contributed by atoms with van der Waals surface area (Å²) < 4.78 is 9.35. The third kappa shape index (κ3) is 7.99. The number of carbonyl (C=O) groups is 2. The van der Waals surface area contributed by atoms with Crippen molar-refractivity contribution >= 4 is 11.9 Å². The Morgan fingerprint density at radius 2 is 2.00 bits per heavy atom. The maximum absolute atomic E-state index is 11.3. The van der Waals surface area contributed by atoms with Gasteiger partial charge < -0.3 is 25.2 Å². The molecule has 0 rings (SSSR count). The van der Waals surface area contributed by atoms with E-state index in [9.17, 15) is 14.7 Å². The van der Waals surface area contributed by atoms with Crippen molar-refractivity contribution in [3.05, 3.63) is 0 Å². The van der Waals surface area contributed by atoms with Crippen LogP contribution in [0.25, 0.3) is 0 Å². The predicted molar refractivity (Wildman–Crippen MR) is 65.0 cm³/mol. The Bertz CT molecular complexity index is 260. The van der Waals surface area contributed by atoms with Crippen LogP contribution in [-0.4, -0.2) is 63.0 Å². The number of methoxy groups -OCH3 is 2. The van der Waals surface area contributed by atoms with Crippen LogP contribution in [-0.2, 0) is 19.1 Å². The molecule has 0 bridgehead atoms. The lowest BCUT2D eigenvalue weighted by atomic mass is 10.2. The number of hydrogen-bond donors (Lipinski definition) is 3. The summed E-state index contributed by atoms with van der Waals surface area (Å²) in [5.74, 6) is -0.804. The van der Waals surface area contributed by atoms with Gasteiger partial charge in [-0.3, -0.25) is 4.79 Å². The van der Waals surface area contributed by atoms with E-state index in [-0.39, 0.29) is 19.1 Å². The molecule has 0 aromatic carbocycles. The van der Waals surface area contributed by atoms with Crippen molar-refractivity contribution in [2.24, 2.45) is 0 Å². The summed E-state index contributed by atoms with van der Waals surface area (Å²) in [6.45, 7) is 2.37. The van der Waals surface area contributed by atoms with E-state index >= 15 is 0 Å². The van der Waals surface area contributed by atoms with E-state index in [0.717, 1.165) is 0 Å². The summed E-state index contributed by atoms with van der Waals surface area (Å²) in [6.07, 6.45) is -0.0400. The average Bonchev–Trinajstić information content (AvgIpc) is 2.32. The first-order valence-electron chi connectivity index (χ1n) is 5.73. The molecule has 2 unspecified atom stereocenters. The first kappa shape index (κ1) is 16.8. The van der Waals surface area contributed by atoms with Gasteiger partial charge in [-0.1, -0.05) is 0 Å². The zero-order valence-electron chi connectivity index (χ0n) is 11.1. The fourth-order valence-corrected chi connectivity index (χ4v) is 1.37. The monoisotopic (exact) mass is 262 g/mol. The fraction of sp³-hybridized carbons (Fsp3) is 0.818. The summed E-state index contributed by atoms with van der Waals surface area (Å²) in [5.41, 5.74) is 0. The van der Waals surface area contributed by atoms with Crippen LogP contribution in [0.5, 0.6) is 0 Å². The van der Waals surface area contributed by atoms with Crippen LogP contribution in [0.4, 0.5) is 0 Å². The van der Waals surface area contributed by atoms with E-state index in [1.165, 1.54) is 21.1 Å². The molecule has 0 aliphatic carbocycles. The van der Waals surface area contributed by atoms with E-state index in [0.29, 0.717) is 13.0 Å². The molecule has 18 heavy (non-hydrogen) atoms. The number of nitrogens with one attached hydrogen (secondary N) is 2. The number of aliphatic hydroxyl groups is 1. The van der Waals surface area contributed by atoms with Crippen molar-refractivity contribution in [1.82, 2.24) is 10.6 Å². The molecule has 0 aromatic heterocycles. The van der Waals surface area contributed by atoms with Crippen LogP contribution in [0.2, 0.25) is 0 Å². The van der Waals surface area contributed by atoms with E-state index < -0.39 is 18.1 Å². The van der Waals surface area contributed by atoms with E-state index in [2.05, 4.69) is 15.4 Å². The molecule has 1 amide bonds. The van der Waals surface area contributed by atoms with Crippen molar-refractivity contribution in [2.45, 2.75) is 25.5 Å². The number of hydrogen-bond acceptors (Lipinski definition) is 6. The van der Waals surface area contributed by atoms with Gasteiger partial charge in [-0.05, 0) is 13.0 Å². The van der Waals surface area contributed by atoms with Crippen molar-refractivity contribution in [3.63, 3.8) is 0 Å². The largest absolute Gasteiger partial charge is 0.467 e. The summed E-state index contributed by atoms with van der Waals surface area (Å²) in [4.78, 5) is 22.2. The van der Waals surface area contributed by atoms with Crippen LogP contribution in [0.1, 0.15) is 13.3 Å². The Labute approximate surface area is 107 Å². The van der Waals surface area contributed by atoms with Gasteiger partial charge in [0.15, 0.2) is 0 Å². The molecule has 0 radical (unpaired) electrons. The van der Waals surface area contributed by atoms with Gasteiger partial charge in [-0.15, -0.1) is 0 Å². The van der Waals surface area contributed by atoms with Crippen LogP contribution in [0.15, 0.2) is 0 Å². The van der Waals surface area contributed by atoms with Gasteiger partial charge in [0.2, 0.25) is 5.91 Å². The molecule has 0 aliphatic rings. The summed E-state index contributed by atoms with van der Waals surface area (Å²) >= 11 is 0. The van der Waals surface area contributed by atoms with Crippen molar-refractivity contribution < 1.29 is 24.2 Å². The minimum atomic E-state index is -0.716. The smallest absolute Gasteiger partial charge is 0.329 e. The third-order valence-electron chi connectivity index (χ3n) is 2.23. The average molecular weight is 262 g/mol. The molecule has 106 valence electrons. The van der Waals surface area contributed by atoms with Gasteiger partial charge in [-0.25, -0.2) is 4.79 Å². The molecule has 2 atom stereocenters. The molecule has 0 saturated carbocycles. The van der Waals surface area contributed by atoms with E-state index in [1.54, 1.807) is 0 Å². The second kappa shape index (κ2) is 9.81. The normalized spacial score (nSPS) is 13.8. The van der Waals surface area contributed by atoms with Crippen LogP contribution in [0.3, 0.4) is 0 Å². The fourth-order valence-electron chi connectivity index (χ4n) is 1.37. The molecular formula is C11H22N2O5.